The molecule has 2 unspecified atom stereocenters. The first-order valence-corrected chi connectivity index (χ1v) is 10.8. The number of nitrogens with zero attached hydrogens (tertiary/aromatic N) is 2. The Bertz CT molecular complexity index is 1170. The second kappa shape index (κ2) is 8.10. The van der Waals surface area contributed by atoms with E-state index < -0.39 is 6.04 Å². The van der Waals surface area contributed by atoms with Gasteiger partial charge in [0.1, 0.15) is 22.4 Å². The Morgan fingerprint density at radius 1 is 1.33 bits per heavy atom. The average Bonchev–Trinajstić information content (AvgIpc) is 3.11. The largest absolute Gasteiger partial charge is 0.497 e. The molecule has 2 atom stereocenters. The highest BCUT2D eigenvalue weighted by atomic mass is 32.1. The molecule has 2 heterocycles. The molecular formula is C22H25N3O4S. The Morgan fingerprint density at radius 3 is 2.87 bits per heavy atom. The van der Waals surface area contributed by atoms with E-state index >= 15 is 0 Å². The number of benzene rings is 1. The van der Waals surface area contributed by atoms with E-state index in [2.05, 4.69) is 17.2 Å². The second-order valence-corrected chi connectivity index (χ2v) is 8.80. The van der Waals surface area contributed by atoms with Crippen molar-refractivity contribution in [2.75, 3.05) is 19.5 Å². The van der Waals surface area contributed by atoms with Crippen molar-refractivity contribution in [1.82, 2.24) is 9.55 Å². The summed E-state index contributed by atoms with van der Waals surface area (Å²) >= 11 is 1.60. The van der Waals surface area contributed by atoms with Gasteiger partial charge in [-0.1, -0.05) is 6.92 Å². The van der Waals surface area contributed by atoms with Crippen LogP contribution < -0.4 is 20.3 Å². The van der Waals surface area contributed by atoms with Crippen LogP contribution in [0.25, 0.3) is 10.2 Å². The van der Waals surface area contributed by atoms with Gasteiger partial charge in [0, 0.05) is 10.9 Å². The van der Waals surface area contributed by atoms with Crippen LogP contribution >= 0.6 is 11.3 Å². The number of ether oxygens (including phenoxy) is 2. The number of rotatable bonds is 5. The van der Waals surface area contributed by atoms with E-state index in [1.165, 1.54) is 22.9 Å². The van der Waals surface area contributed by atoms with Crippen LogP contribution in [0.4, 0.5) is 5.69 Å². The summed E-state index contributed by atoms with van der Waals surface area (Å²) in [6.07, 6.45) is 4.42. The van der Waals surface area contributed by atoms with Gasteiger partial charge in [-0.15, -0.1) is 11.3 Å². The zero-order valence-corrected chi connectivity index (χ0v) is 18.3. The number of hydrogen-bond acceptors (Lipinski definition) is 6. The molecule has 1 N–H and O–H groups in total. The lowest BCUT2D eigenvalue weighted by atomic mass is 9.89. The minimum atomic E-state index is -0.733. The molecule has 158 valence electrons. The van der Waals surface area contributed by atoms with Gasteiger partial charge in [-0.3, -0.25) is 14.2 Å². The molecule has 30 heavy (non-hydrogen) atoms. The predicted octanol–water partition coefficient (Wildman–Crippen LogP) is 3.80. The topological polar surface area (TPSA) is 82.4 Å². The lowest BCUT2D eigenvalue weighted by Gasteiger charge is -2.18. The van der Waals surface area contributed by atoms with Crippen LogP contribution in [0.5, 0.6) is 11.5 Å². The molecule has 0 radical (unpaired) electrons. The number of fused-ring (bicyclic) bond motifs is 3. The lowest BCUT2D eigenvalue weighted by Crippen LogP contribution is -2.32. The Kier molecular flexibility index (Phi) is 5.51. The van der Waals surface area contributed by atoms with E-state index in [-0.39, 0.29) is 11.5 Å². The zero-order valence-electron chi connectivity index (χ0n) is 17.5. The summed E-state index contributed by atoms with van der Waals surface area (Å²) in [6.45, 7) is 3.93. The standard InChI is InChI=1S/C22H25N3O4S/c1-12-5-7-15-18(9-12)30-21-19(15)22(27)25(11-23-21)13(2)20(26)24-16-10-14(28-3)6-8-17(16)29-4/h6,8,10-13H,5,7,9H2,1-4H3,(H,24,26). The number of carbonyl (C=O) groups is 1. The molecule has 0 bridgehead atoms. The molecule has 0 saturated heterocycles. The van der Waals surface area contributed by atoms with E-state index in [1.807, 2.05) is 0 Å². The quantitative estimate of drug-likeness (QED) is 0.670. The number of hydrogen-bond donors (Lipinski definition) is 1. The maximum atomic E-state index is 13.3. The van der Waals surface area contributed by atoms with Crippen molar-refractivity contribution in [1.29, 1.82) is 0 Å². The molecule has 4 rings (SSSR count). The number of anilines is 1. The van der Waals surface area contributed by atoms with Gasteiger partial charge < -0.3 is 14.8 Å². The molecule has 1 aliphatic carbocycles. The fourth-order valence-corrected chi connectivity index (χ4v) is 5.24. The lowest BCUT2D eigenvalue weighted by molar-refractivity contribution is -0.118. The number of methoxy groups -OCH3 is 2. The fourth-order valence-electron chi connectivity index (χ4n) is 3.90. The molecule has 7 nitrogen and oxygen atoms in total. The van der Waals surface area contributed by atoms with E-state index in [0.717, 1.165) is 29.7 Å². The number of carbonyl (C=O) groups excluding carboxylic acids is 1. The molecular weight excluding hydrogens is 402 g/mol. The van der Waals surface area contributed by atoms with E-state index in [0.29, 0.717) is 28.5 Å². The van der Waals surface area contributed by atoms with Gasteiger partial charge >= 0.3 is 0 Å². The molecule has 1 aromatic carbocycles. The summed E-state index contributed by atoms with van der Waals surface area (Å²) in [4.78, 5) is 32.7. The number of aromatic nitrogens is 2. The minimum Gasteiger partial charge on any atom is -0.497 e. The van der Waals surface area contributed by atoms with Crippen molar-refractivity contribution in [2.24, 2.45) is 5.92 Å². The maximum absolute atomic E-state index is 13.3. The molecule has 0 aliphatic heterocycles. The Morgan fingerprint density at radius 2 is 2.13 bits per heavy atom. The Hall–Kier alpha value is -2.87. The molecule has 1 amide bonds. The van der Waals surface area contributed by atoms with Crippen molar-refractivity contribution < 1.29 is 14.3 Å². The van der Waals surface area contributed by atoms with Crippen molar-refractivity contribution >= 4 is 33.1 Å². The third kappa shape index (κ3) is 3.56. The molecule has 8 heteroatoms. The van der Waals surface area contributed by atoms with E-state index in [9.17, 15) is 9.59 Å². The summed E-state index contributed by atoms with van der Waals surface area (Å²) < 4.78 is 12.0. The first-order valence-electron chi connectivity index (χ1n) is 9.97. The first kappa shape index (κ1) is 20.4. The van der Waals surface area contributed by atoms with Crippen LogP contribution in [0.3, 0.4) is 0 Å². The summed E-state index contributed by atoms with van der Waals surface area (Å²) in [5, 5.41) is 3.51. The Labute approximate surface area is 178 Å². The summed E-state index contributed by atoms with van der Waals surface area (Å²) in [5.41, 5.74) is 1.44. The first-order chi connectivity index (χ1) is 14.4. The van der Waals surface area contributed by atoms with Crippen LogP contribution in [0, 0.1) is 5.92 Å². The minimum absolute atomic E-state index is 0.160. The van der Waals surface area contributed by atoms with Gasteiger partial charge in [0.05, 0.1) is 31.6 Å². The van der Waals surface area contributed by atoms with Gasteiger partial charge in [-0.25, -0.2) is 4.98 Å². The third-order valence-electron chi connectivity index (χ3n) is 5.70. The zero-order chi connectivity index (χ0) is 21.4. The van der Waals surface area contributed by atoms with Crippen LogP contribution in [-0.2, 0) is 17.6 Å². The van der Waals surface area contributed by atoms with Crippen molar-refractivity contribution in [3.63, 3.8) is 0 Å². The number of thiophene rings is 1. The highest BCUT2D eigenvalue weighted by Crippen LogP contribution is 2.36. The second-order valence-electron chi connectivity index (χ2n) is 7.72. The van der Waals surface area contributed by atoms with E-state index in [1.54, 1.807) is 43.6 Å². The van der Waals surface area contributed by atoms with Crippen LogP contribution in [0.2, 0.25) is 0 Å². The summed E-state index contributed by atoms with van der Waals surface area (Å²) in [5.74, 6) is 1.40. The molecule has 0 fully saturated rings. The molecule has 2 aromatic heterocycles. The van der Waals surface area contributed by atoms with Crippen molar-refractivity contribution in [2.45, 2.75) is 39.2 Å². The Balaban J connectivity index is 1.67. The van der Waals surface area contributed by atoms with Gasteiger partial charge in [0.15, 0.2) is 0 Å². The summed E-state index contributed by atoms with van der Waals surface area (Å²) in [7, 11) is 3.09. The number of amides is 1. The molecule has 1 aliphatic rings. The van der Waals surface area contributed by atoms with Crippen LogP contribution in [0.1, 0.15) is 36.8 Å². The van der Waals surface area contributed by atoms with E-state index in [4.69, 9.17) is 9.47 Å². The SMILES string of the molecule is COc1ccc(OC)c(NC(=O)C(C)n2cnc3sc4c(c3c2=O)CCC(C)C4)c1. The van der Waals surface area contributed by atoms with Crippen molar-refractivity contribution in [3.05, 3.63) is 45.3 Å². The van der Waals surface area contributed by atoms with Gasteiger partial charge in [-0.2, -0.15) is 0 Å². The number of nitrogens with one attached hydrogen (secondary N) is 1. The average molecular weight is 428 g/mol. The molecule has 3 aromatic rings. The van der Waals surface area contributed by atoms with Crippen molar-refractivity contribution in [3.8, 4) is 11.5 Å². The third-order valence-corrected chi connectivity index (χ3v) is 6.86. The monoisotopic (exact) mass is 427 g/mol. The van der Waals surface area contributed by atoms with Crippen LogP contribution in [0.15, 0.2) is 29.3 Å². The fraction of sp³-hybridized carbons (Fsp3) is 0.409. The highest BCUT2D eigenvalue weighted by Gasteiger charge is 2.25. The smallest absolute Gasteiger partial charge is 0.263 e. The predicted molar refractivity (Wildman–Crippen MR) is 118 cm³/mol. The van der Waals surface area contributed by atoms with Gasteiger partial charge in [0.25, 0.3) is 5.56 Å². The highest BCUT2D eigenvalue weighted by molar-refractivity contribution is 7.18. The van der Waals surface area contributed by atoms with Gasteiger partial charge in [0.2, 0.25) is 5.91 Å². The summed E-state index contributed by atoms with van der Waals surface area (Å²) in [6, 6.07) is 4.42. The van der Waals surface area contributed by atoms with Crippen LogP contribution in [-0.4, -0.2) is 29.7 Å². The molecule has 0 spiro atoms. The molecule has 0 saturated carbocycles. The number of aryl methyl sites for hydroxylation is 1. The maximum Gasteiger partial charge on any atom is 0.263 e. The normalized spacial score (nSPS) is 16.7. The van der Waals surface area contributed by atoms with Gasteiger partial charge in [-0.05, 0) is 49.8 Å².